The van der Waals surface area contributed by atoms with Gasteiger partial charge in [0.05, 0.1) is 7.11 Å². The van der Waals surface area contributed by atoms with E-state index in [9.17, 15) is 18.5 Å². The molecule has 0 aliphatic rings. The average Bonchev–Trinajstić information content (AvgIpc) is 2.79. The molecule has 0 bridgehead atoms. The standard InChI is InChI=1S/C24H19BrN2O5S/c1-16-6-9-22(10-7-16)33(29,30)32-23-11-8-19(25)13-17(23)12-18(15-26)24(28)27-20-4-3-5-21(14-20)31-2/h3-14H,1-2H3,(H,27,28)/b18-12+. The van der Waals surface area contributed by atoms with Crippen LogP contribution in [0.4, 0.5) is 5.69 Å². The number of hydrogen-bond donors (Lipinski definition) is 1. The number of hydrogen-bond acceptors (Lipinski definition) is 6. The molecular weight excluding hydrogens is 508 g/mol. The van der Waals surface area contributed by atoms with Gasteiger partial charge in [-0.15, -0.1) is 0 Å². The van der Waals surface area contributed by atoms with Gasteiger partial charge in [-0.05, 0) is 55.5 Å². The SMILES string of the molecule is COc1cccc(NC(=O)/C(C#N)=C/c2cc(Br)ccc2OS(=O)(=O)c2ccc(C)cc2)c1. The number of amides is 1. The summed E-state index contributed by atoms with van der Waals surface area (Å²) in [6.45, 7) is 1.84. The van der Waals surface area contributed by atoms with Crippen LogP contribution < -0.4 is 14.2 Å². The summed E-state index contributed by atoms with van der Waals surface area (Å²) in [6, 6.07) is 19.3. The largest absolute Gasteiger partial charge is 0.497 e. The molecular formula is C24H19BrN2O5S. The smallest absolute Gasteiger partial charge is 0.339 e. The van der Waals surface area contributed by atoms with E-state index in [4.69, 9.17) is 8.92 Å². The second kappa shape index (κ2) is 10.3. The predicted molar refractivity (Wildman–Crippen MR) is 128 cm³/mol. The van der Waals surface area contributed by atoms with Crippen LogP contribution in [-0.2, 0) is 14.9 Å². The first-order valence-corrected chi connectivity index (χ1v) is 11.8. The Morgan fingerprint density at radius 2 is 1.82 bits per heavy atom. The first-order valence-electron chi connectivity index (χ1n) is 9.60. The van der Waals surface area contributed by atoms with E-state index in [1.165, 1.54) is 31.4 Å². The van der Waals surface area contributed by atoms with E-state index >= 15 is 0 Å². The number of nitrogens with one attached hydrogen (secondary N) is 1. The van der Waals surface area contributed by atoms with Crippen molar-refractivity contribution in [1.29, 1.82) is 5.26 Å². The second-order valence-corrected chi connectivity index (χ2v) is 9.35. The Labute approximate surface area is 200 Å². The fraction of sp³-hybridized carbons (Fsp3) is 0.0833. The summed E-state index contributed by atoms with van der Waals surface area (Å²) in [6.07, 6.45) is 1.26. The number of ether oxygens (including phenoxy) is 1. The molecule has 1 amide bonds. The minimum atomic E-state index is -4.13. The van der Waals surface area contributed by atoms with Crippen molar-refractivity contribution < 1.29 is 22.1 Å². The highest BCUT2D eigenvalue weighted by Gasteiger charge is 2.19. The zero-order valence-electron chi connectivity index (χ0n) is 17.7. The Kier molecular flexibility index (Phi) is 7.53. The molecule has 0 saturated carbocycles. The van der Waals surface area contributed by atoms with Crippen LogP contribution in [0.25, 0.3) is 6.08 Å². The number of nitrogens with zero attached hydrogens (tertiary/aromatic N) is 1. The van der Waals surface area contributed by atoms with Gasteiger partial charge in [0, 0.05) is 21.8 Å². The molecule has 0 aliphatic carbocycles. The lowest BCUT2D eigenvalue weighted by Gasteiger charge is -2.11. The monoisotopic (exact) mass is 526 g/mol. The molecule has 3 aromatic carbocycles. The number of nitriles is 1. The van der Waals surface area contributed by atoms with Crippen molar-refractivity contribution in [3.8, 4) is 17.6 Å². The maximum Gasteiger partial charge on any atom is 0.339 e. The van der Waals surface area contributed by atoms with Crippen molar-refractivity contribution in [2.45, 2.75) is 11.8 Å². The van der Waals surface area contributed by atoms with Gasteiger partial charge in [0.2, 0.25) is 0 Å². The second-order valence-electron chi connectivity index (χ2n) is 6.89. The van der Waals surface area contributed by atoms with Gasteiger partial charge in [0.1, 0.15) is 28.0 Å². The molecule has 0 fully saturated rings. The van der Waals surface area contributed by atoms with Crippen LogP contribution in [0.2, 0.25) is 0 Å². The Morgan fingerprint density at radius 1 is 1.09 bits per heavy atom. The number of benzene rings is 3. The van der Waals surface area contributed by atoms with Crippen molar-refractivity contribution in [1.82, 2.24) is 0 Å². The van der Waals surface area contributed by atoms with Gasteiger partial charge in [0.25, 0.3) is 5.91 Å². The Balaban J connectivity index is 1.92. The zero-order chi connectivity index (χ0) is 24.0. The summed E-state index contributed by atoms with van der Waals surface area (Å²) >= 11 is 3.32. The summed E-state index contributed by atoms with van der Waals surface area (Å²) in [5.41, 5.74) is 1.33. The van der Waals surface area contributed by atoms with Crippen LogP contribution in [0.5, 0.6) is 11.5 Å². The zero-order valence-corrected chi connectivity index (χ0v) is 20.1. The third kappa shape index (κ3) is 6.22. The van der Waals surface area contributed by atoms with E-state index in [2.05, 4.69) is 21.2 Å². The third-order valence-corrected chi connectivity index (χ3v) is 6.22. The number of halogens is 1. The fourth-order valence-electron chi connectivity index (χ4n) is 2.78. The molecule has 0 aromatic heterocycles. The van der Waals surface area contributed by atoms with Crippen LogP contribution in [0, 0.1) is 18.3 Å². The number of carbonyl (C=O) groups excluding carboxylic acids is 1. The van der Waals surface area contributed by atoms with E-state index in [-0.39, 0.29) is 21.8 Å². The van der Waals surface area contributed by atoms with E-state index in [1.54, 1.807) is 48.5 Å². The summed E-state index contributed by atoms with van der Waals surface area (Å²) in [7, 11) is -2.63. The molecule has 168 valence electrons. The van der Waals surface area contributed by atoms with Crippen molar-refractivity contribution >= 4 is 43.7 Å². The van der Waals surface area contributed by atoms with Crippen LogP contribution in [0.15, 0.2) is 81.7 Å². The fourth-order valence-corrected chi connectivity index (χ4v) is 4.12. The maximum atomic E-state index is 12.7. The third-order valence-electron chi connectivity index (χ3n) is 4.47. The minimum Gasteiger partial charge on any atom is -0.497 e. The van der Waals surface area contributed by atoms with E-state index in [0.29, 0.717) is 15.9 Å². The van der Waals surface area contributed by atoms with Crippen molar-refractivity contribution in [3.63, 3.8) is 0 Å². The molecule has 0 spiro atoms. The Hall–Kier alpha value is -3.61. The van der Waals surface area contributed by atoms with Crippen molar-refractivity contribution in [2.75, 3.05) is 12.4 Å². The van der Waals surface area contributed by atoms with Crippen molar-refractivity contribution in [3.05, 3.63) is 87.9 Å². The van der Waals surface area contributed by atoms with Crippen molar-refractivity contribution in [2.24, 2.45) is 0 Å². The maximum absolute atomic E-state index is 12.7. The number of methoxy groups -OCH3 is 1. The summed E-state index contributed by atoms with van der Waals surface area (Å²) in [5.74, 6) is -0.155. The molecule has 33 heavy (non-hydrogen) atoms. The average molecular weight is 527 g/mol. The summed E-state index contributed by atoms with van der Waals surface area (Å²) < 4.78 is 36.5. The molecule has 0 aliphatic heterocycles. The molecule has 3 aromatic rings. The van der Waals surface area contributed by atoms with Gasteiger partial charge < -0.3 is 14.2 Å². The summed E-state index contributed by atoms with van der Waals surface area (Å²) in [4.78, 5) is 12.7. The Bertz CT molecular complexity index is 1360. The minimum absolute atomic E-state index is 0.0118. The number of anilines is 1. The molecule has 0 unspecified atom stereocenters. The molecule has 9 heteroatoms. The summed E-state index contributed by atoms with van der Waals surface area (Å²) in [5, 5.41) is 12.2. The van der Waals surface area contributed by atoms with Gasteiger partial charge in [-0.3, -0.25) is 4.79 Å². The molecule has 0 heterocycles. The number of rotatable bonds is 7. The first-order chi connectivity index (χ1) is 15.7. The van der Waals surface area contributed by atoms with Gasteiger partial charge >= 0.3 is 10.1 Å². The highest BCUT2D eigenvalue weighted by Crippen LogP contribution is 2.29. The lowest BCUT2D eigenvalue weighted by atomic mass is 10.1. The van der Waals surface area contributed by atoms with Crippen LogP contribution in [0.3, 0.4) is 0 Å². The van der Waals surface area contributed by atoms with Crippen LogP contribution in [-0.4, -0.2) is 21.4 Å². The van der Waals surface area contributed by atoms with Gasteiger partial charge in [-0.25, -0.2) is 0 Å². The van der Waals surface area contributed by atoms with E-state index in [0.717, 1.165) is 5.56 Å². The van der Waals surface area contributed by atoms with Crippen LogP contribution in [0.1, 0.15) is 11.1 Å². The number of carbonyl (C=O) groups is 1. The van der Waals surface area contributed by atoms with E-state index < -0.39 is 16.0 Å². The van der Waals surface area contributed by atoms with E-state index in [1.807, 2.05) is 13.0 Å². The first kappa shape index (κ1) is 24.0. The highest BCUT2D eigenvalue weighted by atomic mass is 79.9. The molecule has 3 rings (SSSR count). The molecule has 0 radical (unpaired) electrons. The topological polar surface area (TPSA) is 105 Å². The Morgan fingerprint density at radius 3 is 2.48 bits per heavy atom. The quantitative estimate of drug-likeness (QED) is 0.261. The normalized spacial score (nSPS) is 11.4. The lowest BCUT2D eigenvalue weighted by molar-refractivity contribution is -0.112. The molecule has 1 N–H and O–H groups in total. The molecule has 0 saturated heterocycles. The lowest BCUT2D eigenvalue weighted by Crippen LogP contribution is -2.14. The van der Waals surface area contributed by atoms with Gasteiger partial charge in [-0.2, -0.15) is 13.7 Å². The number of aryl methyl sites for hydroxylation is 1. The molecule has 0 atom stereocenters. The van der Waals surface area contributed by atoms with Crippen LogP contribution >= 0.6 is 15.9 Å². The predicted octanol–water partition coefficient (Wildman–Crippen LogP) is 5.08. The van der Waals surface area contributed by atoms with Gasteiger partial charge in [-0.1, -0.05) is 39.7 Å². The highest BCUT2D eigenvalue weighted by molar-refractivity contribution is 9.10. The molecule has 7 nitrogen and oxygen atoms in total. The van der Waals surface area contributed by atoms with Gasteiger partial charge in [0.15, 0.2) is 0 Å².